The molecule has 1 atom stereocenters. The van der Waals surface area contributed by atoms with Crippen molar-refractivity contribution in [2.45, 2.75) is 25.5 Å². The molecule has 0 unspecified atom stereocenters. The fraction of sp³-hybridized carbons (Fsp3) is 0.625. The summed E-state index contributed by atoms with van der Waals surface area (Å²) in [6.07, 6.45) is 3.84. The molecule has 0 radical (unpaired) electrons. The Morgan fingerprint density at radius 2 is 2.64 bits per heavy atom. The molecule has 6 nitrogen and oxygen atoms in total. The lowest BCUT2D eigenvalue weighted by Crippen LogP contribution is -2.15. The van der Waals surface area contributed by atoms with E-state index in [1.807, 2.05) is 0 Å². The highest BCUT2D eigenvalue weighted by Gasteiger charge is 2.19. The van der Waals surface area contributed by atoms with Gasteiger partial charge < -0.3 is 14.9 Å². The fourth-order valence-corrected chi connectivity index (χ4v) is 1.55. The normalized spacial score (nSPS) is 21.3. The number of aromatic nitrogens is 2. The number of nitrogens with zero attached hydrogens (tertiary/aromatic N) is 3. The third-order valence-corrected chi connectivity index (χ3v) is 2.23. The Morgan fingerprint density at radius 1 is 1.79 bits per heavy atom. The van der Waals surface area contributed by atoms with E-state index in [0.717, 1.165) is 19.4 Å². The van der Waals surface area contributed by atoms with Crippen LogP contribution in [0.4, 0.5) is 5.82 Å². The Balaban J connectivity index is 1.98. The van der Waals surface area contributed by atoms with Gasteiger partial charge in [0, 0.05) is 6.61 Å². The van der Waals surface area contributed by atoms with Crippen LogP contribution in [0.1, 0.15) is 12.8 Å². The van der Waals surface area contributed by atoms with E-state index in [4.69, 9.17) is 4.74 Å². The van der Waals surface area contributed by atoms with Gasteiger partial charge in [-0.1, -0.05) is 0 Å². The van der Waals surface area contributed by atoms with Crippen molar-refractivity contribution in [2.75, 3.05) is 6.61 Å². The predicted octanol–water partition coefficient (Wildman–Crippen LogP) is 0.970. The smallest absolute Gasteiger partial charge is 0.376 e. The van der Waals surface area contributed by atoms with Gasteiger partial charge in [-0.25, -0.2) is 0 Å². The first-order chi connectivity index (χ1) is 6.75. The lowest BCUT2D eigenvalue weighted by molar-refractivity contribution is -0.389. The molecular formula is C8H11N3O3. The van der Waals surface area contributed by atoms with Gasteiger partial charge in [0.1, 0.15) is 0 Å². The van der Waals surface area contributed by atoms with Crippen molar-refractivity contribution in [3.63, 3.8) is 0 Å². The van der Waals surface area contributed by atoms with Gasteiger partial charge >= 0.3 is 5.82 Å². The molecule has 0 amide bonds. The van der Waals surface area contributed by atoms with Crippen molar-refractivity contribution >= 4 is 5.82 Å². The number of nitro groups is 1. The summed E-state index contributed by atoms with van der Waals surface area (Å²) in [4.78, 5) is 9.86. The lowest BCUT2D eigenvalue weighted by Gasteiger charge is -2.05. The van der Waals surface area contributed by atoms with E-state index in [9.17, 15) is 10.1 Å². The van der Waals surface area contributed by atoms with E-state index < -0.39 is 4.92 Å². The Kier molecular flexibility index (Phi) is 2.45. The van der Waals surface area contributed by atoms with Crippen LogP contribution in [-0.2, 0) is 11.3 Å². The van der Waals surface area contributed by atoms with E-state index in [-0.39, 0.29) is 11.9 Å². The summed E-state index contributed by atoms with van der Waals surface area (Å²) in [5, 5.41) is 14.2. The quantitative estimate of drug-likeness (QED) is 0.534. The van der Waals surface area contributed by atoms with E-state index >= 15 is 0 Å². The highest BCUT2D eigenvalue weighted by Crippen LogP contribution is 2.14. The zero-order chi connectivity index (χ0) is 9.97. The molecule has 0 spiro atoms. The molecule has 1 aliphatic heterocycles. The number of hydrogen-bond donors (Lipinski definition) is 0. The minimum absolute atomic E-state index is 0.108. The average molecular weight is 197 g/mol. The second-order valence-corrected chi connectivity index (χ2v) is 3.29. The van der Waals surface area contributed by atoms with Gasteiger partial charge in [-0.3, -0.25) is 0 Å². The SMILES string of the molecule is O=[N+]([O-])c1ccn(C[C@H]2CCCO2)n1. The number of ether oxygens (including phenoxy) is 1. The third kappa shape index (κ3) is 1.90. The van der Waals surface area contributed by atoms with Crippen molar-refractivity contribution in [1.29, 1.82) is 0 Å². The van der Waals surface area contributed by atoms with Gasteiger partial charge in [-0.2, -0.15) is 4.68 Å². The van der Waals surface area contributed by atoms with E-state index in [1.165, 1.54) is 6.07 Å². The second kappa shape index (κ2) is 3.75. The van der Waals surface area contributed by atoms with Gasteiger partial charge in [-0.15, -0.1) is 0 Å². The Labute approximate surface area is 80.6 Å². The standard InChI is InChI=1S/C8H11N3O3/c12-11(13)8-3-4-10(9-8)6-7-2-1-5-14-7/h3-4,7H,1-2,5-6H2/t7-/m1/s1. The topological polar surface area (TPSA) is 70.2 Å². The summed E-state index contributed by atoms with van der Waals surface area (Å²) in [6, 6.07) is 1.40. The van der Waals surface area contributed by atoms with Crippen molar-refractivity contribution in [3.05, 3.63) is 22.4 Å². The first kappa shape index (κ1) is 9.14. The van der Waals surface area contributed by atoms with Crippen molar-refractivity contribution in [1.82, 2.24) is 9.78 Å². The molecule has 0 aromatic carbocycles. The zero-order valence-corrected chi connectivity index (χ0v) is 7.63. The van der Waals surface area contributed by atoms with Gasteiger partial charge in [0.05, 0.1) is 30.0 Å². The first-order valence-corrected chi connectivity index (χ1v) is 4.55. The number of rotatable bonds is 3. The third-order valence-electron chi connectivity index (χ3n) is 2.23. The molecular weight excluding hydrogens is 186 g/mol. The maximum atomic E-state index is 10.3. The molecule has 2 heterocycles. The molecule has 1 fully saturated rings. The van der Waals surface area contributed by atoms with Crippen molar-refractivity contribution < 1.29 is 9.66 Å². The molecule has 0 bridgehead atoms. The van der Waals surface area contributed by atoms with Crippen LogP contribution in [0.5, 0.6) is 0 Å². The predicted molar refractivity (Wildman–Crippen MR) is 47.9 cm³/mol. The van der Waals surface area contributed by atoms with Gasteiger partial charge in [-0.05, 0) is 17.8 Å². The largest absolute Gasteiger partial charge is 0.389 e. The zero-order valence-electron chi connectivity index (χ0n) is 7.63. The monoisotopic (exact) mass is 197 g/mol. The van der Waals surface area contributed by atoms with Crippen LogP contribution in [0, 0.1) is 10.1 Å². The summed E-state index contributed by atoms with van der Waals surface area (Å²) in [5.74, 6) is -0.108. The maximum absolute atomic E-state index is 10.3. The van der Waals surface area contributed by atoms with Crippen LogP contribution in [0.3, 0.4) is 0 Å². The Bertz CT molecular complexity index is 330. The number of hydrogen-bond acceptors (Lipinski definition) is 4. The Morgan fingerprint density at radius 3 is 3.21 bits per heavy atom. The molecule has 2 rings (SSSR count). The highest BCUT2D eigenvalue weighted by molar-refractivity contribution is 5.13. The highest BCUT2D eigenvalue weighted by atomic mass is 16.6. The molecule has 6 heteroatoms. The minimum atomic E-state index is -0.494. The fourth-order valence-electron chi connectivity index (χ4n) is 1.55. The lowest BCUT2D eigenvalue weighted by atomic mass is 10.2. The maximum Gasteiger partial charge on any atom is 0.389 e. The van der Waals surface area contributed by atoms with Gasteiger partial charge in [0.15, 0.2) is 0 Å². The summed E-state index contributed by atoms with van der Waals surface area (Å²) >= 11 is 0. The second-order valence-electron chi connectivity index (χ2n) is 3.29. The van der Waals surface area contributed by atoms with Gasteiger partial charge in [0.2, 0.25) is 0 Å². The van der Waals surface area contributed by atoms with Gasteiger partial charge in [0.25, 0.3) is 0 Å². The van der Waals surface area contributed by atoms with Crippen LogP contribution in [-0.4, -0.2) is 27.4 Å². The van der Waals surface area contributed by atoms with Crippen LogP contribution in [0.2, 0.25) is 0 Å². The molecule has 1 aromatic heterocycles. The van der Waals surface area contributed by atoms with E-state index in [1.54, 1.807) is 10.9 Å². The molecule has 1 aromatic rings. The molecule has 0 aliphatic carbocycles. The molecule has 76 valence electrons. The summed E-state index contributed by atoms with van der Waals surface area (Å²) < 4.78 is 6.96. The minimum Gasteiger partial charge on any atom is -0.376 e. The van der Waals surface area contributed by atoms with E-state index in [2.05, 4.69) is 5.10 Å². The average Bonchev–Trinajstić information content (AvgIpc) is 2.75. The first-order valence-electron chi connectivity index (χ1n) is 4.55. The molecule has 14 heavy (non-hydrogen) atoms. The molecule has 1 aliphatic rings. The summed E-state index contributed by atoms with van der Waals surface area (Å²) in [6.45, 7) is 1.39. The molecule has 0 saturated carbocycles. The van der Waals surface area contributed by atoms with Crippen LogP contribution in [0.15, 0.2) is 12.3 Å². The molecule has 1 saturated heterocycles. The van der Waals surface area contributed by atoms with Crippen LogP contribution >= 0.6 is 0 Å². The van der Waals surface area contributed by atoms with E-state index in [0.29, 0.717) is 6.54 Å². The molecule has 0 N–H and O–H groups in total. The van der Waals surface area contributed by atoms with Crippen molar-refractivity contribution in [2.24, 2.45) is 0 Å². The summed E-state index contributed by atoms with van der Waals surface area (Å²) in [5.41, 5.74) is 0. The van der Waals surface area contributed by atoms with Crippen LogP contribution in [0.25, 0.3) is 0 Å². The summed E-state index contributed by atoms with van der Waals surface area (Å²) in [7, 11) is 0. The Hall–Kier alpha value is -1.43. The van der Waals surface area contributed by atoms with Crippen molar-refractivity contribution in [3.8, 4) is 0 Å². The van der Waals surface area contributed by atoms with Crippen LogP contribution < -0.4 is 0 Å².